The summed E-state index contributed by atoms with van der Waals surface area (Å²) in [7, 11) is 0. The zero-order valence-corrected chi connectivity index (χ0v) is 12.1. The molecule has 1 aromatic rings. The first-order chi connectivity index (χ1) is 7.99. The van der Waals surface area contributed by atoms with E-state index in [0.717, 1.165) is 28.4 Å². The zero-order valence-electron chi connectivity index (χ0n) is 9.97. The Kier molecular flexibility index (Phi) is 2.47. The van der Waals surface area contributed by atoms with Gasteiger partial charge in [0.2, 0.25) is 11.5 Å². The molecule has 0 aromatic heterocycles. The average molecular weight is 346 g/mol. The number of hydrogen-bond acceptors (Lipinski definition) is 3. The van der Waals surface area contributed by atoms with Crippen LogP contribution >= 0.6 is 22.6 Å². The van der Waals surface area contributed by atoms with Crippen LogP contribution in [0.25, 0.3) is 0 Å². The Bertz CT molecular complexity index is 451. The van der Waals surface area contributed by atoms with Crippen LogP contribution in [0.2, 0.25) is 0 Å². The summed E-state index contributed by atoms with van der Waals surface area (Å²) in [5, 5.41) is 10.3. The van der Waals surface area contributed by atoms with Crippen molar-refractivity contribution >= 4 is 22.6 Å². The SMILES string of the molecule is CC1(C)Oc2c(O)c3c(c(I)c2O1)CCCC3. The molecular formula is C13H15IO3. The van der Waals surface area contributed by atoms with E-state index >= 15 is 0 Å². The lowest BCUT2D eigenvalue weighted by atomic mass is 9.90. The van der Waals surface area contributed by atoms with E-state index in [0.29, 0.717) is 17.2 Å². The fourth-order valence-electron chi connectivity index (χ4n) is 2.59. The van der Waals surface area contributed by atoms with Gasteiger partial charge in [0.15, 0.2) is 11.5 Å². The fourth-order valence-corrected chi connectivity index (χ4v) is 3.54. The molecule has 0 amide bonds. The van der Waals surface area contributed by atoms with Gasteiger partial charge in [0.25, 0.3) is 0 Å². The highest BCUT2D eigenvalue weighted by molar-refractivity contribution is 14.1. The number of hydrogen-bond donors (Lipinski definition) is 1. The van der Waals surface area contributed by atoms with E-state index in [1.807, 2.05) is 13.8 Å². The van der Waals surface area contributed by atoms with Crippen molar-refractivity contribution in [3.05, 3.63) is 14.7 Å². The monoisotopic (exact) mass is 346 g/mol. The topological polar surface area (TPSA) is 38.7 Å². The van der Waals surface area contributed by atoms with Crippen molar-refractivity contribution in [2.24, 2.45) is 0 Å². The Hall–Kier alpha value is -0.650. The van der Waals surface area contributed by atoms with Crippen LogP contribution < -0.4 is 9.47 Å². The van der Waals surface area contributed by atoms with Crippen molar-refractivity contribution in [2.45, 2.75) is 45.3 Å². The molecule has 0 saturated heterocycles. The van der Waals surface area contributed by atoms with Gasteiger partial charge in [-0.1, -0.05) is 0 Å². The number of fused-ring (bicyclic) bond motifs is 2. The Morgan fingerprint density at radius 1 is 1.06 bits per heavy atom. The first-order valence-electron chi connectivity index (χ1n) is 5.94. The number of ether oxygens (including phenoxy) is 2. The van der Waals surface area contributed by atoms with Gasteiger partial charge in [-0.25, -0.2) is 0 Å². The quantitative estimate of drug-likeness (QED) is 0.732. The molecule has 0 spiro atoms. The van der Waals surface area contributed by atoms with Gasteiger partial charge in [0, 0.05) is 19.4 Å². The molecule has 1 aliphatic heterocycles. The van der Waals surface area contributed by atoms with Crippen LogP contribution in [0.1, 0.15) is 37.8 Å². The molecule has 3 nitrogen and oxygen atoms in total. The molecule has 0 bridgehead atoms. The minimum absolute atomic E-state index is 0.292. The Morgan fingerprint density at radius 3 is 2.35 bits per heavy atom. The van der Waals surface area contributed by atoms with Crippen molar-refractivity contribution < 1.29 is 14.6 Å². The highest BCUT2D eigenvalue weighted by Crippen LogP contribution is 2.52. The van der Waals surface area contributed by atoms with Crippen molar-refractivity contribution in [3.8, 4) is 17.2 Å². The molecule has 1 heterocycles. The van der Waals surface area contributed by atoms with E-state index < -0.39 is 5.79 Å². The number of phenols is 1. The predicted octanol–water partition coefficient (Wildman–Crippen LogP) is 3.38. The molecule has 1 aliphatic carbocycles. The van der Waals surface area contributed by atoms with Gasteiger partial charge in [0.1, 0.15) is 0 Å². The highest BCUT2D eigenvalue weighted by Gasteiger charge is 2.38. The summed E-state index contributed by atoms with van der Waals surface area (Å²) in [6.07, 6.45) is 4.29. The third-order valence-electron chi connectivity index (χ3n) is 3.33. The van der Waals surface area contributed by atoms with Crippen LogP contribution in [-0.4, -0.2) is 10.9 Å². The Labute approximate surface area is 114 Å². The zero-order chi connectivity index (χ0) is 12.2. The van der Waals surface area contributed by atoms with Gasteiger partial charge >= 0.3 is 0 Å². The summed E-state index contributed by atoms with van der Waals surface area (Å²) >= 11 is 2.31. The molecule has 17 heavy (non-hydrogen) atoms. The van der Waals surface area contributed by atoms with Crippen LogP contribution in [0.4, 0.5) is 0 Å². The highest BCUT2D eigenvalue weighted by atomic mass is 127. The van der Waals surface area contributed by atoms with Gasteiger partial charge in [-0.2, -0.15) is 0 Å². The van der Waals surface area contributed by atoms with Gasteiger partial charge in [-0.15, -0.1) is 0 Å². The summed E-state index contributed by atoms with van der Waals surface area (Å²) in [6, 6.07) is 0. The van der Waals surface area contributed by atoms with Crippen LogP contribution in [-0.2, 0) is 12.8 Å². The lowest BCUT2D eigenvalue weighted by molar-refractivity contribution is -0.0443. The molecule has 1 aromatic carbocycles. The Balaban J connectivity index is 2.22. The van der Waals surface area contributed by atoms with Crippen molar-refractivity contribution in [1.29, 1.82) is 0 Å². The molecule has 3 rings (SSSR count). The minimum Gasteiger partial charge on any atom is -0.504 e. The second kappa shape index (κ2) is 3.67. The molecule has 0 fully saturated rings. The third kappa shape index (κ3) is 1.68. The molecule has 1 N–H and O–H groups in total. The number of aromatic hydroxyl groups is 1. The summed E-state index contributed by atoms with van der Waals surface area (Å²) in [4.78, 5) is 0. The summed E-state index contributed by atoms with van der Waals surface area (Å²) < 4.78 is 12.6. The average Bonchev–Trinajstić information content (AvgIpc) is 2.63. The molecule has 92 valence electrons. The molecule has 0 atom stereocenters. The van der Waals surface area contributed by atoms with Crippen molar-refractivity contribution in [3.63, 3.8) is 0 Å². The standard InChI is InChI=1S/C13H15IO3/c1-13(2)16-11-9(14)7-5-3-4-6-8(7)10(15)12(11)17-13/h15H,3-6H2,1-2H3. The minimum atomic E-state index is -0.677. The largest absolute Gasteiger partial charge is 0.504 e. The van der Waals surface area contributed by atoms with E-state index in [-0.39, 0.29) is 0 Å². The van der Waals surface area contributed by atoms with E-state index in [1.165, 1.54) is 12.0 Å². The molecule has 4 heteroatoms. The predicted molar refractivity (Wildman–Crippen MR) is 72.8 cm³/mol. The van der Waals surface area contributed by atoms with Gasteiger partial charge in [0.05, 0.1) is 3.57 Å². The van der Waals surface area contributed by atoms with Crippen molar-refractivity contribution in [2.75, 3.05) is 0 Å². The smallest absolute Gasteiger partial charge is 0.246 e. The second-order valence-corrected chi connectivity index (χ2v) is 6.17. The van der Waals surface area contributed by atoms with Gasteiger partial charge in [-0.3, -0.25) is 0 Å². The molecule has 0 unspecified atom stereocenters. The molecule has 0 saturated carbocycles. The van der Waals surface area contributed by atoms with Crippen LogP contribution in [0.5, 0.6) is 17.2 Å². The van der Waals surface area contributed by atoms with E-state index in [9.17, 15) is 5.11 Å². The second-order valence-electron chi connectivity index (χ2n) is 5.09. The fraction of sp³-hybridized carbons (Fsp3) is 0.538. The summed E-state index contributed by atoms with van der Waals surface area (Å²) in [5.41, 5.74) is 2.30. The van der Waals surface area contributed by atoms with Crippen LogP contribution in [0, 0.1) is 3.57 Å². The number of rotatable bonds is 0. The number of halogens is 1. The maximum Gasteiger partial charge on any atom is 0.246 e. The maximum absolute atomic E-state index is 10.3. The number of phenolic OH excluding ortho intramolecular Hbond substituents is 1. The molecule has 0 radical (unpaired) electrons. The lowest BCUT2D eigenvalue weighted by Crippen LogP contribution is -2.29. The van der Waals surface area contributed by atoms with Gasteiger partial charge in [-0.05, 0) is 53.8 Å². The number of benzene rings is 1. The molecule has 2 aliphatic rings. The van der Waals surface area contributed by atoms with Crippen LogP contribution in [0.3, 0.4) is 0 Å². The Morgan fingerprint density at radius 2 is 1.65 bits per heavy atom. The van der Waals surface area contributed by atoms with Crippen molar-refractivity contribution in [1.82, 2.24) is 0 Å². The van der Waals surface area contributed by atoms with E-state index in [1.54, 1.807) is 0 Å². The van der Waals surface area contributed by atoms with E-state index in [2.05, 4.69) is 22.6 Å². The normalized spacial score (nSPS) is 20.2. The molecular weight excluding hydrogens is 331 g/mol. The van der Waals surface area contributed by atoms with E-state index in [4.69, 9.17) is 9.47 Å². The summed E-state index contributed by atoms with van der Waals surface area (Å²) in [6.45, 7) is 3.73. The summed E-state index contributed by atoms with van der Waals surface area (Å²) in [5.74, 6) is 0.860. The van der Waals surface area contributed by atoms with Gasteiger partial charge < -0.3 is 14.6 Å². The van der Waals surface area contributed by atoms with Crippen LogP contribution in [0.15, 0.2) is 0 Å². The first kappa shape index (κ1) is 11.4. The first-order valence-corrected chi connectivity index (χ1v) is 7.01. The third-order valence-corrected chi connectivity index (χ3v) is 4.48. The lowest BCUT2D eigenvalue weighted by Gasteiger charge is -2.19. The maximum atomic E-state index is 10.3.